The van der Waals surface area contributed by atoms with Gasteiger partial charge in [-0.05, 0) is 54.1 Å². The lowest BCUT2D eigenvalue weighted by atomic mass is 10.2. The van der Waals surface area contributed by atoms with Crippen LogP contribution in [0.15, 0.2) is 86.8 Å². The van der Waals surface area contributed by atoms with Crippen LogP contribution in [0.1, 0.15) is 5.56 Å². The molecule has 2 aromatic carbocycles. The fraction of sp³-hybridized carbons (Fsp3) is 0.0909. The Morgan fingerprint density at radius 3 is 2.45 bits per heavy atom. The van der Waals surface area contributed by atoms with Gasteiger partial charge in [-0.15, -0.1) is 11.3 Å². The highest BCUT2D eigenvalue weighted by atomic mass is 35.5. The van der Waals surface area contributed by atoms with Crippen LogP contribution in [0.2, 0.25) is 5.02 Å². The zero-order chi connectivity index (χ0) is 20.2. The van der Waals surface area contributed by atoms with Gasteiger partial charge in [0.1, 0.15) is 5.69 Å². The molecular formula is C22H19ClN4OS. The Morgan fingerprint density at radius 2 is 1.79 bits per heavy atom. The standard InChI is InChI=1S/C22H19ClN4OS/c1-26(2)19-11-5-16(6-12-19)14-24-27-20(21-4-3-13-28-21)15-29-22(27)25-18-9-7-17(23)8-10-18/h3-15H,1-2H3. The lowest BCUT2D eigenvalue weighted by Crippen LogP contribution is -2.11. The molecule has 0 saturated heterocycles. The van der Waals surface area contributed by atoms with Crippen molar-refractivity contribution in [2.24, 2.45) is 10.1 Å². The van der Waals surface area contributed by atoms with E-state index >= 15 is 0 Å². The van der Waals surface area contributed by atoms with E-state index in [2.05, 4.69) is 22.1 Å². The van der Waals surface area contributed by atoms with Gasteiger partial charge >= 0.3 is 0 Å². The van der Waals surface area contributed by atoms with E-state index in [9.17, 15) is 0 Å². The van der Waals surface area contributed by atoms with Crippen molar-refractivity contribution in [3.05, 3.63) is 87.7 Å². The van der Waals surface area contributed by atoms with Crippen LogP contribution >= 0.6 is 22.9 Å². The summed E-state index contributed by atoms with van der Waals surface area (Å²) < 4.78 is 7.37. The number of aromatic nitrogens is 1. The third-order valence-corrected chi connectivity index (χ3v) is 5.31. The van der Waals surface area contributed by atoms with Crippen LogP contribution in [0.4, 0.5) is 11.4 Å². The zero-order valence-electron chi connectivity index (χ0n) is 16.0. The van der Waals surface area contributed by atoms with E-state index < -0.39 is 0 Å². The summed E-state index contributed by atoms with van der Waals surface area (Å²) in [6, 6.07) is 19.4. The van der Waals surface area contributed by atoms with Crippen LogP contribution < -0.4 is 9.70 Å². The van der Waals surface area contributed by atoms with Crippen molar-refractivity contribution in [2.75, 3.05) is 19.0 Å². The summed E-state index contributed by atoms with van der Waals surface area (Å²) in [6.45, 7) is 0. The second-order valence-electron chi connectivity index (χ2n) is 6.51. The van der Waals surface area contributed by atoms with Gasteiger partial charge in [0.05, 0.1) is 18.2 Å². The molecule has 4 aromatic rings. The van der Waals surface area contributed by atoms with Crippen molar-refractivity contribution in [1.82, 2.24) is 4.68 Å². The first kappa shape index (κ1) is 19.2. The number of halogens is 1. The predicted molar refractivity (Wildman–Crippen MR) is 120 cm³/mol. The van der Waals surface area contributed by atoms with Crippen LogP contribution in [0.3, 0.4) is 0 Å². The third-order valence-electron chi connectivity index (χ3n) is 4.24. The number of nitrogens with zero attached hydrogens (tertiary/aromatic N) is 4. The van der Waals surface area contributed by atoms with Crippen molar-refractivity contribution in [1.29, 1.82) is 0 Å². The molecule has 5 nitrogen and oxygen atoms in total. The first-order chi connectivity index (χ1) is 14.1. The Kier molecular flexibility index (Phi) is 5.64. The second-order valence-corrected chi connectivity index (χ2v) is 7.78. The molecule has 0 atom stereocenters. The van der Waals surface area contributed by atoms with Crippen LogP contribution in [0.5, 0.6) is 0 Å². The Balaban J connectivity index is 1.75. The summed E-state index contributed by atoms with van der Waals surface area (Å²) in [7, 11) is 4.04. The number of hydrogen-bond donors (Lipinski definition) is 0. The number of thiazole rings is 1. The number of hydrogen-bond acceptors (Lipinski definition) is 5. The van der Waals surface area contributed by atoms with Gasteiger partial charge in [0.25, 0.3) is 0 Å². The van der Waals surface area contributed by atoms with E-state index in [1.807, 2.05) is 74.2 Å². The summed E-state index contributed by atoms with van der Waals surface area (Å²) in [4.78, 5) is 7.52. The summed E-state index contributed by atoms with van der Waals surface area (Å²) in [5.74, 6) is 0.735. The molecule has 0 unspecified atom stereocenters. The van der Waals surface area contributed by atoms with Crippen LogP contribution in [-0.4, -0.2) is 25.0 Å². The second kappa shape index (κ2) is 8.51. The summed E-state index contributed by atoms with van der Waals surface area (Å²) in [6.07, 6.45) is 3.47. The SMILES string of the molecule is CN(C)c1ccc(C=Nn2c(-c3ccco3)csc2=Nc2ccc(Cl)cc2)cc1. The van der Waals surface area contributed by atoms with E-state index in [0.29, 0.717) is 5.02 Å². The molecule has 0 radical (unpaired) electrons. The molecule has 0 aliphatic carbocycles. The number of benzene rings is 2. The Bertz CT molecular complexity index is 1170. The van der Waals surface area contributed by atoms with Gasteiger partial charge in [-0.3, -0.25) is 0 Å². The summed E-state index contributed by atoms with van der Waals surface area (Å²) >= 11 is 7.48. The monoisotopic (exact) mass is 422 g/mol. The number of rotatable bonds is 5. The predicted octanol–water partition coefficient (Wildman–Crippen LogP) is 5.64. The zero-order valence-corrected chi connectivity index (χ0v) is 17.6. The molecular weight excluding hydrogens is 404 g/mol. The topological polar surface area (TPSA) is 46.0 Å². The van der Waals surface area contributed by atoms with Crippen LogP contribution in [0.25, 0.3) is 11.5 Å². The molecule has 2 heterocycles. The van der Waals surface area contributed by atoms with Gasteiger partial charge in [0.15, 0.2) is 5.76 Å². The first-order valence-corrected chi connectivity index (χ1v) is 10.2. The quantitative estimate of drug-likeness (QED) is 0.390. The van der Waals surface area contributed by atoms with E-state index in [-0.39, 0.29) is 0 Å². The summed E-state index contributed by atoms with van der Waals surface area (Å²) in [5.41, 5.74) is 3.78. The number of anilines is 1. The van der Waals surface area contributed by atoms with Gasteiger partial charge in [-0.1, -0.05) is 23.7 Å². The Morgan fingerprint density at radius 1 is 1.03 bits per heavy atom. The van der Waals surface area contributed by atoms with Gasteiger partial charge in [-0.25, -0.2) is 9.67 Å². The van der Waals surface area contributed by atoms with E-state index in [1.54, 1.807) is 10.9 Å². The van der Waals surface area contributed by atoms with Gasteiger partial charge in [0, 0.05) is 30.2 Å². The molecule has 4 rings (SSSR count). The molecule has 0 bridgehead atoms. The molecule has 0 aliphatic heterocycles. The minimum atomic E-state index is 0.679. The molecule has 0 spiro atoms. The molecule has 0 saturated carbocycles. The van der Waals surface area contributed by atoms with E-state index in [1.165, 1.54) is 11.3 Å². The molecule has 0 amide bonds. The largest absolute Gasteiger partial charge is 0.463 e. The fourth-order valence-corrected chi connectivity index (χ4v) is 3.65. The smallest absolute Gasteiger partial charge is 0.211 e. The maximum absolute atomic E-state index is 5.98. The van der Waals surface area contributed by atoms with Crippen molar-refractivity contribution >= 4 is 40.5 Å². The Hall–Kier alpha value is -3.09. The lowest BCUT2D eigenvalue weighted by Gasteiger charge is -2.11. The Labute approximate surface area is 177 Å². The van der Waals surface area contributed by atoms with Crippen molar-refractivity contribution < 1.29 is 4.42 Å². The molecule has 29 heavy (non-hydrogen) atoms. The van der Waals surface area contributed by atoms with Crippen molar-refractivity contribution in [2.45, 2.75) is 0 Å². The van der Waals surface area contributed by atoms with Crippen molar-refractivity contribution in [3.8, 4) is 11.5 Å². The minimum Gasteiger partial charge on any atom is -0.463 e. The highest BCUT2D eigenvalue weighted by molar-refractivity contribution is 7.07. The maximum atomic E-state index is 5.98. The van der Waals surface area contributed by atoms with Crippen LogP contribution in [-0.2, 0) is 0 Å². The van der Waals surface area contributed by atoms with Crippen LogP contribution in [0, 0.1) is 0 Å². The molecule has 146 valence electrons. The summed E-state index contributed by atoms with van der Waals surface area (Å²) in [5, 5.41) is 7.35. The minimum absolute atomic E-state index is 0.679. The molecule has 2 aromatic heterocycles. The van der Waals surface area contributed by atoms with E-state index in [4.69, 9.17) is 21.0 Å². The van der Waals surface area contributed by atoms with Crippen molar-refractivity contribution in [3.63, 3.8) is 0 Å². The lowest BCUT2D eigenvalue weighted by molar-refractivity contribution is 0.575. The first-order valence-electron chi connectivity index (χ1n) is 8.96. The molecule has 0 aliphatic rings. The van der Waals surface area contributed by atoms with Gasteiger partial charge < -0.3 is 9.32 Å². The highest BCUT2D eigenvalue weighted by Crippen LogP contribution is 2.22. The fourth-order valence-electron chi connectivity index (χ4n) is 2.69. The van der Waals surface area contributed by atoms with Gasteiger partial charge in [0.2, 0.25) is 4.80 Å². The van der Waals surface area contributed by atoms with E-state index in [0.717, 1.165) is 33.2 Å². The average Bonchev–Trinajstić information content (AvgIpc) is 3.38. The average molecular weight is 423 g/mol. The normalized spacial score (nSPS) is 12.0. The highest BCUT2D eigenvalue weighted by Gasteiger charge is 2.10. The molecule has 7 heteroatoms. The van der Waals surface area contributed by atoms with Gasteiger partial charge in [-0.2, -0.15) is 5.10 Å². The maximum Gasteiger partial charge on any atom is 0.211 e. The number of furan rings is 1. The third kappa shape index (κ3) is 4.50. The molecule has 0 N–H and O–H groups in total. The molecule has 0 fully saturated rings.